The van der Waals surface area contributed by atoms with Crippen LogP contribution in [0.15, 0.2) is 18.5 Å². The molecule has 0 bridgehead atoms. The molecule has 2 aromatic heterocycles. The van der Waals surface area contributed by atoms with Crippen molar-refractivity contribution in [3.05, 3.63) is 24.3 Å². The predicted octanol–water partition coefficient (Wildman–Crippen LogP) is 0.477. The van der Waals surface area contributed by atoms with Crippen molar-refractivity contribution in [2.45, 2.75) is 0 Å². The summed E-state index contributed by atoms with van der Waals surface area (Å²) in [6.45, 7) is 0. The van der Waals surface area contributed by atoms with E-state index in [0.717, 1.165) is 6.20 Å². The summed E-state index contributed by atoms with van der Waals surface area (Å²) in [4.78, 5) is 3.64. The van der Waals surface area contributed by atoms with E-state index >= 15 is 0 Å². The minimum atomic E-state index is -0.423. The first-order chi connectivity index (χ1) is 6.34. The highest BCUT2D eigenvalue weighted by Crippen LogP contribution is 2.10. The summed E-state index contributed by atoms with van der Waals surface area (Å²) in [7, 11) is 0. The van der Waals surface area contributed by atoms with E-state index in [-0.39, 0.29) is 5.95 Å². The van der Waals surface area contributed by atoms with Gasteiger partial charge < -0.3 is 5.32 Å². The molecule has 7 heteroatoms. The van der Waals surface area contributed by atoms with Gasteiger partial charge in [-0.25, -0.2) is 4.39 Å². The van der Waals surface area contributed by atoms with Crippen molar-refractivity contribution >= 4 is 11.6 Å². The lowest BCUT2D eigenvalue weighted by Crippen LogP contribution is -1.93. The second kappa shape index (κ2) is 3.13. The van der Waals surface area contributed by atoms with Gasteiger partial charge in [-0.15, -0.1) is 5.10 Å². The highest BCUT2D eigenvalue weighted by atomic mass is 19.1. The third-order valence-electron chi connectivity index (χ3n) is 1.31. The van der Waals surface area contributed by atoms with Gasteiger partial charge in [0.05, 0.1) is 18.1 Å². The second-order valence-corrected chi connectivity index (χ2v) is 2.25. The SMILES string of the molecule is Fc1cncc(Nc2nn[nH]n2)c1. The molecule has 0 radical (unpaired) electrons. The molecule has 0 atom stereocenters. The van der Waals surface area contributed by atoms with Crippen LogP contribution in [-0.4, -0.2) is 25.6 Å². The molecular formula is C6H5FN6. The molecule has 0 saturated heterocycles. The summed E-state index contributed by atoms with van der Waals surface area (Å²) in [5.41, 5.74) is 0.474. The number of pyridine rings is 1. The summed E-state index contributed by atoms with van der Waals surface area (Å²) < 4.78 is 12.6. The van der Waals surface area contributed by atoms with Gasteiger partial charge in [0.25, 0.3) is 5.95 Å². The Morgan fingerprint density at radius 3 is 3.00 bits per heavy atom. The van der Waals surface area contributed by atoms with Crippen molar-refractivity contribution in [2.24, 2.45) is 0 Å². The van der Waals surface area contributed by atoms with Crippen LogP contribution in [-0.2, 0) is 0 Å². The first-order valence-corrected chi connectivity index (χ1v) is 3.45. The first-order valence-electron chi connectivity index (χ1n) is 3.45. The van der Waals surface area contributed by atoms with Crippen LogP contribution in [0.2, 0.25) is 0 Å². The highest BCUT2D eigenvalue weighted by Gasteiger charge is 1.99. The Labute approximate surface area is 72.2 Å². The average Bonchev–Trinajstić information content (AvgIpc) is 2.57. The van der Waals surface area contributed by atoms with Gasteiger partial charge in [-0.3, -0.25) is 4.98 Å². The molecule has 0 aliphatic carbocycles. The minimum absolute atomic E-state index is 0.271. The average molecular weight is 180 g/mol. The van der Waals surface area contributed by atoms with Crippen molar-refractivity contribution in [2.75, 3.05) is 5.32 Å². The molecule has 2 heterocycles. The van der Waals surface area contributed by atoms with Gasteiger partial charge in [-0.2, -0.15) is 5.21 Å². The molecule has 6 nitrogen and oxygen atoms in total. The Kier molecular flexibility index (Phi) is 1.83. The van der Waals surface area contributed by atoms with Crippen LogP contribution in [0.3, 0.4) is 0 Å². The molecule has 0 fully saturated rings. The standard InChI is InChI=1S/C6H5FN6/c7-4-1-5(3-8-2-4)9-6-10-12-13-11-6/h1-3H,(H2,9,10,11,12,13). The topological polar surface area (TPSA) is 79.4 Å². The van der Waals surface area contributed by atoms with E-state index in [1.54, 1.807) is 0 Å². The number of hydrogen-bond donors (Lipinski definition) is 2. The molecule has 0 aliphatic heterocycles. The lowest BCUT2D eigenvalue weighted by Gasteiger charge is -1.98. The zero-order valence-electron chi connectivity index (χ0n) is 6.40. The summed E-state index contributed by atoms with van der Waals surface area (Å²) in [6.07, 6.45) is 2.57. The molecule has 2 N–H and O–H groups in total. The zero-order chi connectivity index (χ0) is 9.10. The smallest absolute Gasteiger partial charge is 0.267 e. The largest absolute Gasteiger partial charge is 0.320 e. The van der Waals surface area contributed by atoms with Crippen molar-refractivity contribution in [3.63, 3.8) is 0 Å². The van der Waals surface area contributed by atoms with Crippen LogP contribution in [0.25, 0.3) is 0 Å². The summed E-state index contributed by atoms with van der Waals surface area (Å²) >= 11 is 0. The van der Waals surface area contributed by atoms with Crippen LogP contribution >= 0.6 is 0 Å². The number of nitrogens with one attached hydrogen (secondary N) is 2. The predicted molar refractivity (Wildman–Crippen MR) is 41.7 cm³/mol. The third kappa shape index (κ3) is 1.75. The van der Waals surface area contributed by atoms with Crippen LogP contribution in [0, 0.1) is 5.82 Å². The van der Waals surface area contributed by atoms with Gasteiger partial charge in [-0.05, 0) is 5.21 Å². The highest BCUT2D eigenvalue weighted by molar-refractivity contribution is 5.50. The number of anilines is 2. The number of aromatic amines is 1. The Balaban J connectivity index is 2.19. The van der Waals surface area contributed by atoms with Crippen LogP contribution in [0.5, 0.6) is 0 Å². The van der Waals surface area contributed by atoms with Gasteiger partial charge in [0.1, 0.15) is 5.82 Å². The van der Waals surface area contributed by atoms with Crippen molar-refractivity contribution < 1.29 is 4.39 Å². The maximum Gasteiger partial charge on any atom is 0.267 e. The van der Waals surface area contributed by atoms with E-state index in [1.807, 2.05) is 0 Å². The number of tetrazole rings is 1. The van der Waals surface area contributed by atoms with Crippen LogP contribution in [0.4, 0.5) is 16.0 Å². The summed E-state index contributed by atoms with van der Waals surface area (Å²) in [6, 6.07) is 1.28. The number of nitrogens with zero attached hydrogens (tertiary/aromatic N) is 4. The van der Waals surface area contributed by atoms with Crippen molar-refractivity contribution in [3.8, 4) is 0 Å². The van der Waals surface area contributed by atoms with E-state index < -0.39 is 5.82 Å². The number of rotatable bonds is 2. The molecule has 0 amide bonds. The van der Waals surface area contributed by atoms with Gasteiger partial charge in [0.2, 0.25) is 0 Å². The molecule has 0 saturated carbocycles. The fourth-order valence-corrected chi connectivity index (χ4v) is 0.824. The number of hydrogen-bond acceptors (Lipinski definition) is 5. The Morgan fingerprint density at radius 2 is 2.31 bits per heavy atom. The van der Waals surface area contributed by atoms with Gasteiger partial charge >= 0.3 is 0 Å². The molecular weight excluding hydrogens is 175 g/mol. The molecule has 2 rings (SSSR count). The van der Waals surface area contributed by atoms with E-state index in [0.29, 0.717) is 5.69 Å². The number of halogens is 1. The monoisotopic (exact) mass is 180 g/mol. The summed E-state index contributed by atoms with van der Waals surface area (Å²) in [5, 5.41) is 15.6. The Bertz CT molecular complexity index is 386. The van der Waals surface area contributed by atoms with Gasteiger partial charge in [-0.1, -0.05) is 5.10 Å². The maximum absolute atomic E-state index is 12.6. The molecule has 0 unspecified atom stereocenters. The normalized spacial score (nSPS) is 9.92. The zero-order valence-corrected chi connectivity index (χ0v) is 6.40. The fraction of sp³-hybridized carbons (Fsp3) is 0. The van der Waals surface area contributed by atoms with Crippen molar-refractivity contribution in [1.29, 1.82) is 0 Å². The van der Waals surface area contributed by atoms with Gasteiger partial charge in [0.15, 0.2) is 0 Å². The molecule has 0 spiro atoms. The first kappa shape index (κ1) is 7.59. The van der Waals surface area contributed by atoms with E-state index in [9.17, 15) is 4.39 Å². The molecule has 0 aliphatic rings. The third-order valence-corrected chi connectivity index (χ3v) is 1.31. The van der Waals surface area contributed by atoms with E-state index in [1.165, 1.54) is 12.3 Å². The lowest BCUT2D eigenvalue weighted by molar-refractivity contribution is 0.622. The van der Waals surface area contributed by atoms with Crippen molar-refractivity contribution in [1.82, 2.24) is 25.6 Å². The number of H-pyrrole nitrogens is 1. The summed E-state index contributed by atoms with van der Waals surface area (Å²) in [5.74, 6) is -0.152. The lowest BCUT2D eigenvalue weighted by atomic mass is 10.4. The fourth-order valence-electron chi connectivity index (χ4n) is 0.824. The van der Waals surface area contributed by atoms with E-state index in [4.69, 9.17) is 0 Å². The van der Waals surface area contributed by atoms with E-state index in [2.05, 4.69) is 30.9 Å². The minimum Gasteiger partial charge on any atom is -0.320 e. The molecule has 13 heavy (non-hydrogen) atoms. The Hall–Kier alpha value is -2.05. The number of aromatic nitrogens is 5. The van der Waals surface area contributed by atoms with Crippen LogP contribution in [0.1, 0.15) is 0 Å². The van der Waals surface area contributed by atoms with Gasteiger partial charge in [0, 0.05) is 6.07 Å². The Morgan fingerprint density at radius 1 is 1.38 bits per heavy atom. The molecule has 2 aromatic rings. The second-order valence-electron chi connectivity index (χ2n) is 2.25. The maximum atomic E-state index is 12.6. The quantitative estimate of drug-likeness (QED) is 0.702. The van der Waals surface area contributed by atoms with Crippen LogP contribution < -0.4 is 5.32 Å². The molecule has 0 aromatic carbocycles. The molecule has 66 valence electrons.